The van der Waals surface area contributed by atoms with Crippen molar-refractivity contribution in [3.05, 3.63) is 0 Å². The van der Waals surface area contributed by atoms with Gasteiger partial charge in [0.05, 0.1) is 0 Å². The summed E-state index contributed by atoms with van der Waals surface area (Å²) in [5.41, 5.74) is 0. The van der Waals surface area contributed by atoms with Crippen LogP contribution in [0.3, 0.4) is 0 Å². The monoisotopic (exact) mass is 72.0 g/mol. The first kappa shape index (κ1) is 153. The largest absolute Gasteiger partial charge is 1.00 e. The molecule has 5 heteroatoms. The third-order valence-electron chi connectivity index (χ3n) is 0. The van der Waals surface area contributed by atoms with Crippen LogP contribution in [0, 0.1) is 0 Å². The van der Waals surface area contributed by atoms with E-state index in [0.29, 0.717) is 0 Å². The quantitative estimate of drug-likeness (QED) is 0.249. The maximum absolute atomic E-state index is 0. The second-order valence-corrected chi connectivity index (χ2v) is 0. The Morgan fingerprint density at radius 2 is 0.600 bits per heavy atom. The minimum atomic E-state index is 0. The van der Waals surface area contributed by atoms with E-state index in [-0.39, 0.29) is 51.8 Å². The van der Waals surface area contributed by atoms with Crippen LogP contribution in [0.5, 0.6) is 0 Å². The normalized spacial score (nSPS) is 0. The fourth-order valence-electron chi connectivity index (χ4n) is 0. The second-order valence-electron chi connectivity index (χ2n) is 0. The Morgan fingerprint density at radius 3 is 0.600 bits per heavy atom. The van der Waals surface area contributed by atoms with Crippen molar-refractivity contribution in [2.75, 3.05) is 0 Å². The molecule has 0 unspecified atom stereocenters. The molecule has 0 aromatic heterocycles. The van der Waals surface area contributed by atoms with Crippen LogP contribution in [0.2, 0.25) is 0 Å². The van der Waals surface area contributed by atoms with Crippen LogP contribution in [0.25, 0.3) is 0 Å². The average Bonchev–Trinajstić information content (AvgIpc) is 0. The van der Waals surface area contributed by atoms with Gasteiger partial charge >= 0.3 is 37.7 Å². The second kappa shape index (κ2) is 81.6. The van der Waals surface area contributed by atoms with Gasteiger partial charge in [-0.05, 0) is 0 Å². The van der Waals surface area contributed by atoms with Crippen molar-refractivity contribution in [3.63, 3.8) is 0 Å². The van der Waals surface area contributed by atoms with Crippen molar-refractivity contribution in [1.29, 1.82) is 0 Å². The first-order valence-corrected chi connectivity index (χ1v) is 0. The summed E-state index contributed by atoms with van der Waals surface area (Å²) in [6, 6.07) is 0. The Kier molecular flexibility index (Phi) is 2500. The SMILES string of the molecule is F.[F-].[F-].[Li+].[Li+]. The molecule has 5 heavy (non-hydrogen) atoms. The Balaban J connectivity index is 0. The Morgan fingerprint density at radius 1 is 0.600 bits per heavy atom. The maximum Gasteiger partial charge on any atom is 1.00 e. The minimum absolute atomic E-state index is 0. The molecule has 0 spiro atoms. The van der Waals surface area contributed by atoms with E-state index in [1.165, 1.54) is 0 Å². The third kappa shape index (κ3) is 45.8. The summed E-state index contributed by atoms with van der Waals surface area (Å²) < 4.78 is 0. The smallest absolute Gasteiger partial charge is 1.00 e. The van der Waals surface area contributed by atoms with Crippen LogP contribution in [-0.2, 0) is 0 Å². The van der Waals surface area contributed by atoms with Gasteiger partial charge < -0.3 is 9.41 Å². The van der Waals surface area contributed by atoms with Gasteiger partial charge in [-0.3, -0.25) is 4.70 Å². The number of halogens is 3. The molecule has 0 rings (SSSR count). The van der Waals surface area contributed by atoms with Gasteiger partial charge in [0.25, 0.3) is 0 Å². The topological polar surface area (TPSA) is 0 Å². The molecule has 0 radical (unpaired) electrons. The van der Waals surface area contributed by atoms with Crippen LogP contribution < -0.4 is 47.1 Å². The molecule has 0 bridgehead atoms. The van der Waals surface area contributed by atoms with Crippen molar-refractivity contribution >= 4 is 0 Å². The third-order valence-corrected chi connectivity index (χ3v) is 0. The molecule has 0 nitrogen and oxygen atoms in total. The summed E-state index contributed by atoms with van der Waals surface area (Å²) in [4.78, 5) is 0. The first-order chi connectivity index (χ1) is 0. The predicted octanol–water partition coefficient (Wildman–Crippen LogP) is -11.8. The van der Waals surface area contributed by atoms with Gasteiger partial charge in [0.15, 0.2) is 0 Å². The molecule has 0 heterocycles. The molecule has 0 amide bonds. The van der Waals surface area contributed by atoms with Crippen LogP contribution in [-0.4, -0.2) is 0 Å². The molecule has 0 N–H and O–H groups in total. The molecule has 0 aliphatic rings. The van der Waals surface area contributed by atoms with Crippen molar-refractivity contribution in [1.82, 2.24) is 0 Å². The van der Waals surface area contributed by atoms with E-state index in [1.54, 1.807) is 0 Å². The van der Waals surface area contributed by atoms with Gasteiger partial charge in [-0.15, -0.1) is 0 Å². The van der Waals surface area contributed by atoms with Crippen molar-refractivity contribution in [3.8, 4) is 0 Å². The van der Waals surface area contributed by atoms with Gasteiger partial charge in [-0.2, -0.15) is 0 Å². The molecule has 0 atom stereocenters. The molecular weight excluding hydrogens is 70.9 g/mol. The van der Waals surface area contributed by atoms with Gasteiger partial charge in [-0.25, -0.2) is 0 Å². The number of hydrogen-bond donors (Lipinski definition) is 0. The standard InChI is InChI=1S/3FH.2Li/h3*1H;;/q;;;2*+1/p-2. The van der Waals surface area contributed by atoms with Gasteiger partial charge in [-0.1, -0.05) is 0 Å². The molecule has 0 saturated heterocycles. The summed E-state index contributed by atoms with van der Waals surface area (Å²) in [5.74, 6) is 0. The molecule has 0 aliphatic heterocycles. The summed E-state index contributed by atoms with van der Waals surface area (Å²) in [6.07, 6.45) is 0. The predicted molar refractivity (Wildman–Crippen MR) is 2.50 cm³/mol. The van der Waals surface area contributed by atoms with Gasteiger partial charge in [0.1, 0.15) is 0 Å². The van der Waals surface area contributed by atoms with Crippen molar-refractivity contribution < 1.29 is 51.8 Å². The molecule has 0 aromatic rings. The van der Waals surface area contributed by atoms with Crippen molar-refractivity contribution in [2.24, 2.45) is 0 Å². The van der Waals surface area contributed by atoms with E-state index in [1.807, 2.05) is 0 Å². The van der Waals surface area contributed by atoms with E-state index >= 15 is 0 Å². The number of hydrogen-bond acceptors (Lipinski definition) is 0. The van der Waals surface area contributed by atoms with Crippen LogP contribution in [0.4, 0.5) is 4.70 Å². The summed E-state index contributed by atoms with van der Waals surface area (Å²) in [5, 5.41) is 0. The van der Waals surface area contributed by atoms with E-state index in [9.17, 15) is 0 Å². The average molecular weight is 71.9 g/mol. The Hall–Kier alpha value is 0.985. The number of rotatable bonds is 0. The summed E-state index contributed by atoms with van der Waals surface area (Å²) >= 11 is 0. The molecule has 24 valence electrons. The van der Waals surface area contributed by atoms with E-state index in [0.717, 1.165) is 0 Å². The van der Waals surface area contributed by atoms with Gasteiger partial charge in [0, 0.05) is 0 Å². The molecular formula is HF3Li2. The van der Waals surface area contributed by atoms with Crippen LogP contribution in [0.15, 0.2) is 0 Å². The minimum Gasteiger partial charge on any atom is -1.00 e. The first-order valence-electron chi connectivity index (χ1n) is 0. The molecule has 0 aromatic carbocycles. The van der Waals surface area contributed by atoms with E-state index < -0.39 is 0 Å². The summed E-state index contributed by atoms with van der Waals surface area (Å²) in [7, 11) is 0. The summed E-state index contributed by atoms with van der Waals surface area (Å²) in [6.45, 7) is 0. The fourth-order valence-corrected chi connectivity index (χ4v) is 0. The van der Waals surface area contributed by atoms with Gasteiger partial charge in [0.2, 0.25) is 0 Å². The maximum atomic E-state index is 0. The Labute approximate surface area is 52.1 Å². The van der Waals surface area contributed by atoms with Crippen LogP contribution in [0.1, 0.15) is 0 Å². The van der Waals surface area contributed by atoms with Crippen molar-refractivity contribution in [2.45, 2.75) is 0 Å². The van der Waals surface area contributed by atoms with Crippen LogP contribution >= 0.6 is 0 Å². The van der Waals surface area contributed by atoms with E-state index in [4.69, 9.17) is 0 Å². The molecule has 0 aliphatic carbocycles. The Bertz CT molecular complexity index is 4.85. The fraction of sp³-hybridized carbons (Fsp3) is 0. The zero-order valence-electron chi connectivity index (χ0n) is 3.16. The molecule has 0 saturated carbocycles. The molecule has 0 fully saturated rings. The zero-order valence-corrected chi connectivity index (χ0v) is 3.16. The van der Waals surface area contributed by atoms with E-state index in [2.05, 4.69) is 0 Å². The zero-order chi connectivity index (χ0) is 0.